The van der Waals surface area contributed by atoms with Crippen LogP contribution in [-0.4, -0.2) is 43.9 Å². The molecule has 6 heteroatoms. The molecule has 0 N–H and O–H groups in total. The van der Waals surface area contributed by atoms with Gasteiger partial charge < -0.3 is 9.80 Å². The third-order valence-corrected chi connectivity index (χ3v) is 6.00. The van der Waals surface area contributed by atoms with Crippen molar-refractivity contribution in [1.82, 2.24) is 4.90 Å². The maximum absolute atomic E-state index is 13.6. The number of anilines is 2. The number of likely N-dealkylation sites (tertiary alicyclic amines) is 1. The smallest absolute Gasteiger partial charge is 0.282 e. The van der Waals surface area contributed by atoms with Crippen molar-refractivity contribution in [1.29, 1.82) is 0 Å². The van der Waals surface area contributed by atoms with Gasteiger partial charge in [0.05, 0.1) is 11.3 Å². The lowest BCUT2D eigenvalue weighted by Crippen LogP contribution is -2.42. The fraction of sp³-hybridized carbons (Fsp3) is 0.360. The maximum atomic E-state index is 13.6. The number of nitrogens with zero attached hydrogens (tertiary/aromatic N) is 3. The van der Waals surface area contributed by atoms with Crippen molar-refractivity contribution in [2.45, 2.75) is 20.3 Å². The quantitative estimate of drug-likeness (QED) is 0.696. The van der Waals surface area contributed by atoms with Gasteiger partial charge in [0, 0.05) is 32.9 Å². The van der Waals surface area contributed by atoms with Gasteiger partial charge in [-0.1, -0.05) is 26.0 Å². The molecule has 2 aliphatic rings. The second kappa shape index (κ2) is 8.17. The molecule has 2 aromatic carbocycles. The first-order chi connectivity index (χ1) is 14.8. The molecule has 4 rings (SSSR count). The van der Waals surface area contributed by atoms with Crippen LogP contribution in [0.3, 0.4) is 0 Å². The van der Waals surface area contributed by atoms with Crippen LogP contribution in [0.2, 0.25) is 0 Å². The van der Waals surface area contributed by atoms with Gasteiger partial charge in [-0.15, -0.1) is 0 Å². The molecule has 2 aromatic rings. The zero-order chi connectivity index (χ0) is 22.3. The predicted octanol–water partition coefficient (Wildman–Crippen LogP) is 4.15. The lowest BCUT2D eigenvalue weighted by Gasteiger charge is -2.37. The zero-order valence-corrected chi connectivity index (χ0v) is 18.4. The topological polar surface area (TPSA) is 43.9 Å². The SMILES string of the molecule is CC1CC(C)CN(C2=C(c3ccc(F)cc3)C(=O)N(c3ccc(N(C)C)cc3)C2=O)C1. The first-order valence-corrected chi connectivity index (χ1v) is 10.7. The Morgan fingerprint density at radius 3 is 2.00 bits per heavy atom. The monoisotopic (exact) mass is 421 g/mol. The van der Waals surface area contributed by atoms with Gasteiger partial charge in [-0.2, -0.15) is 0 Å². The van der Waals surface area contributed by atoms with E-state index in [9.17, 15) is 14.0 Å². The lowest BCUT2D eigenvalue weighted by molar-refractivity contribution is -0.120. The standard InChI is InChI=1S/C25H28FN3O2/c1-16-13-17(2)15-28(14-16)23-22(18-5-7-19(26)8-6-18)24(30)29(25(23)31)21-11-9-20(10-12-21)27(3)4/h5-12,16-17H,13-15H2,1-4H3. The summed E-state index contributed by atoms with van der Waals surface area (Å²) in [5.41, 5.74) is 2.85. The summed E-state index contributed by atoms with van der Waals surface area (Å²) >= 11 is 0. The summed E-state index contributed by atoms with van der Waals surface area (Å²) in [4.78, 5) is 32.4. The van der Waals surface area contributed by atoms with Gasteiger partial charge in [0.2, 0.25) is 0 Å². The van der Waals surface area contributed by atoms with Crippen LogP contribution in [0.5, 0.6) is 0 Å². The van der Waals surface area contributed by atoms with Crippen molar-refractivity contribution < 1.29 is 14.0 Å². The average Bonchev–Trinajstić information content (AvgIpc) is 2.98. The number of hydrogen-bond donors (Lipinski definition) is 0. The Morgan fingerprint density at radius 2 is 1.45 bits per heavy atom. The molecule has 31 heavy (non-hydrogen) atoms. The van der Waals surface area contributed by atoms with E-state index in [1.807, 2.05) is 36.0 Å². The zero-order valence-electron chi connectivity index (χ0n) is 18.4. The number of amides is 2. The Labute approximate surface area is 182 Å². The summed E-state index contributed by atoms with van der Waals surface area (Å²) in [6, 6.07) is 13.2. The highest BCUT2D eigenvalue weighted by molar-refractivity contribution is 6.45. The lowest BCUT2D eigenvalue weighted by atomic mass is 9.91. The van der Waals surface area contributed by atoms with Crippen molar-refractivity contribution in [3.8, 4) is 0 Å². The molecule has 1 fully saturated rings. The van der Waals surface area contributed by atoms with Crippen LogP contribution in [0.15, 0.2) is 54.2 Å². The van der Waals surface area contributed by atoms with E-state index in [1.165, 1.54) is 17.0 Å². The van der Waals surface area contributed by atoms with Crippen molar-refractivity contribution >= 4 is 28.8 Å². The fourth-order valence-corrected chi connectivity index (χ4v) is 4.67. The molecule has 162 valence electrons. The molecule has 5 nitrogen and oxygen atoms in total. The number of hydrogen-bond acceptors (Lipinski definition) is 4. The number of carbonyl (C=O) groups is 2. The molecule has 2 heterocycles. The van der Waals surface area contributed by atoms with Gasteiger partial charge in [-0.05, 0) is 60.2 Å². The number of carbonyl (C=O) groups excluding carboxylic acids is 2. The van der Waals surface area contributed by atoms with E-state index in [-0.39, 0.29) is 17.6 Å². The van der Waals surface area contributed by atoms with Gasteiger partial charge >= 0.3 is 0 Å². The number of rotatable bonds is 4. The molecular formula is C25H28FN3O2. The minimum atomic E-state index is -0.376. The number of halogens is 1. The molecule has 0 aliphatic carbocycles. The van der Waals surface area contributed by atoms with Crippen LogP contribution in [0, 0.1) is 17.7 Å². The van der Waals surface area contributed by atoms with Crippen molar-refractivity contribution in [3.05, 3.63) is 65.6 Å². The van der Waals surface area contributed by atoms with Crippen LogP contribution in [0.4, 0.5) is 15.8 Å². The Morgan fingerprint density at radius 1 is 0.871 bits per heavy atom. The van der Waals surface area contributed by atoms with Crippen LogP contribution in [0.1, 0.15) is 25.8 Å². The molecule has 0 spiro atoms. The third kappa shape index (κ3) is 3.94. The first-order valence-electron chi connectivity index (χ1n) is 10.7. The fourth-order valence-electron chi connectivity index (χ4n) is 4.67. The Balaban J connectivity index is 1.79. The Bertz CT molecular complexity index is 1020. The largest absolute Gasteiger partial charge is 0.378 e. The molecule has 2 aliphatic heterocycles. The Hall–Kier alpha value is -3.15. The van der Waals surface area contributed by atoms with E-state index < -0.39 is 0 Å². The molecule has 1 saturated heterocycles. The van der Waals surface area contributed by atoms with E-state index in [1.54, 1.807) is 24.3 Å². The number of piperidine rings is 1. The van der Waals surface area contributed by atoms with Gasteiger partial charge in [-0.3, -0.25) is 9.59 Å². The molecular weight excluding hydrogens is 393 g/mol. The minimum absolute atomic E-state index is 0.316. The van der Waals surface area contributed by atoms with Gasteiger partial charge in [0.15, 0.2) is 0 Å². The highest BCUT2D eigenvalue weighted by Crippen LogP contribution is 2.37. The number of benzene rings is 2. The summed E-state index contributed by atoms with van der Waals surface area (Å²) in [6.45, 7) is 5.77. The van der Waals surface area contributed by atoms with Crippen LogP contribution < -0.4 is 9.80 Å². The number of imide groups is 1. The van der Waals surface area contributed by atoms with Crippen LogP contribution in [-0.2, 0) is 9.59 Å². The second-order valence-electron chi connectivity index (χ2n) is 8.94. The van der Waals surface area contributed by atoms with E-state index >= 15 is 0 Å². The minimum Gasteiger partial charge on any atom is -0.378 e. The van der Waals surface area contributed by atoms with E-state index in [2.05, 4.69) is 13.8 Å². The summed E-state index contributed by atoms with van der Waals surface area (Å²) in [5.74, 6) is -0.221. The van der Waals surface area contributed by atoms with Crippen molar-refractivity contribution in [2.75, 3.05) is 37.0 Å². The molecule has 2 amide bonds. The van der Waals surface area contributed by atoms with Gasteiger partial charge in [0.1, 0.15) is 11.5 Å². The first kappa shape index (κ1) is 21.1. The third-order valence-electron chi connectivity index (χ3n) is 6.00. The van der Waals surface area contributed by atoms with Crippen LogP contribution >= 0.6 is 0 Å². The molecule has 0 saturated carbocycles. The van der Waals surface area contributed by atoms with Gasteiger partial charge in [-0.25, -0.2) is 9.29 Å². The van der Waals surface area contributed by atoms with E-state index in [0.29, 0.717) is 34.4 Å². The summed E-state index contributed by atoms with van der Waals surface area (Å²) < 4.78 is 13.6. The summed E-state index contributed by atoms with van der Waals surface area (Å²) in [6.07, 6.45) is 1.09. The normalized spacial score (nSPS) is 21.8. The molecule has 0 aromatic heterocycles. The van der Waals surface area contributed by atoms with Crippen LogP contribution in [0.25, 0.3) is 5.57 Å². The van der Waals surface area contributed by atoms with E-state index in [0.717, 1.165) is 25.2 Å². The van der Waals surface area contributed by atoms with E-state index in [4.69, 9.17) is 0 Å². The molecule has 2 atom stereocenters. The summed E-state index contributed by atoms with van der Waals surface area (Å²) in [7, 11) is 3.87. The second-order valence-corrected chi connectivity index (χ2v) is 8.94. The molecule has 0 radical (unpaired) electrons. The predicted molar refractivity (Wildman–Crippen MR) is 121 cm³/mol. The Kier molecular flexibility index (Phi) is 5.56. The summed E-state index contributed by atoms with van der Waals surface area (Å²) in [5, 5.41) is 0. The van der Waals surface area contributed by atoms with Crippen molar-refractivity contribution in [3.63, 3.8) is 0 Å². The highest BCUT2D eigenvalue weighted by atomic mass is 19.1. The maximum Gasteiger partial charge on any atom is 0.282 e. The molecule has 2 unspecified atom stereocenters. The van der Waals surface area contributed by atoms with Gasteiger partial charge in [0.25, 0.3) is 11.8 Å². The molecule has 0 bridgehead atoms. The van der Waals surface area contributed by atoms with Crippen molar-refractivity contribution in [2.24, 2.45) is 11.8 Å². The highest BCUT2D eigenvalue weighted by Gasteiger charge is 2.43. The average molecular weight is 422 g/mol.